The SMILES string of the molecule is CC(=O)N[C@@H](CCCN=C(N)N)C(=O)N[C@H](C(=O)N[C@@H](CCCN=C(N)N)C(=O)NCCCCN=C(N)N)C(C)C. The Morgan fingerprint density at radius 1 is 0.610 bits per heavy atom. The van der Waals surface area contributed by atoms with E-state index in [1.807, 2.05) is 0 Å². The Hall–Kier alpha value is -4.31. The Morgan fingerprint density at radius 2 is 1.07 bits per heavy atom. The van der Waals surface area contributed by atoms with Crippen LogP contribution in [0.4, 0.5) is 0 Å². The molecule has 0 heterocycles. The van der Waals surface area contributed by atoms with E-state index in [1.165, 1.54) is 6.92 Å². The number of unbranched alkanes of at least 4 members (excludes halogenated alkanes) is 1. The van der Waals surface area contributed by atoms with E-state index in [1.54, 1.807) is 13.8 Å². The van der Waals surface area contributed by atoms with Crippen LogP contribution in [0.15, 0.2) is 15.0 Å². The maximum Gasteiger partial charge on any atom is 0.243 e. The maximum atomic E-state index is 13.3. The summed E-state index contributed by atoms with van der Waals surface area (Å²) in [6.07, 6.45) is 2.60. The van der Waals surface area contributed by atoms with Crippen molar-refractivity contribution in [2.24, 2.45) is 55.3 Å². The van der Waals surface area contributed by atoms with Gasteiger partial charge in [-0.25, -0.2) is 0 Å². The molecule has 0 fully saturated rings. The van der Waals surface area contributed by atoms with E-state index in [2.05, 4.69) is 36.2 Å². The molecule has 0 saturated carbocycles. The summed E-state index contributed by atoms with van der Waals surface area (Å²) in [5, 5.41) is 10.8. The van der Waals surface area contributed by atoms with Crippen LogP contribution in [0.25, 0.3) is 0 Å². The third kappa shape index (κ3) is 18.6. The fourth-order valence-corrected chi connectivity index (χ4v) is 3.62. The van der Waals surface area contributed by atoms with Crippen molar-refractivity contribution in [3.05, 3.63) is 0 Å². The van der Waals surface area contributed by atoms with Crippen molar-refractivity contribution in [1.29, 1.82) is 0 Å². The van der Waals surface area contributed by atoms with E-state index >= 15 is 0 Å². The molecule has 3 atom stereocenters. The molecular weight excluding hydrogens is 534 g/mol. The van der Waals surface area contributed by atoms with Gasteiger partial charge in [0.1, 0.15) is 18.1 Å². The van der Waals surface area contributed by atoms with Gasteiger partial charge < -0.3 is 55.7 Å². The fourth-order valence-electron chi connectivity index (χ4n) is 3.62. The van der Waals surface area contributed by atoms with Gasteiger partial charge >= 0.3 is 0 Å². The normalized spacial score (nSPS) is 12.7. The number of rotatable bonds is 20. The largest absolute Gasteiger partial charge is 0.370 e. The zero-order chi connectivity index (χ0) is 31.4. The zero-order valence-electron chi connectivity index (χ0n) is 24.3. The average Bonchev–Trinajstić information content (AvgIpc) is 2.86. The van der Waals surface area contributed by atoms with Crippen LogP contribution in [0, 0.1) is 5.92 Å². The third-order valence-corrected chi connectivity index (χ3v) is 5.64. The number of carbonyl (C=O) groups is 4. The van der Waals surface area contributed by atoms with Gasteiger partial charge in [0, 0.05) is 33.1 Å². The second-order valence-corrected chi connectivity index (χ2v) is 9.75. The minimum atomic E-state index is -0.982. The van der Waals surface area contributed by atoms with Crippen molar-refractivity contribution in [1.82, 2.24) is 21.3 Å². The van der Waals surface area contributed by atoms with Crippen LogP contribution < -0.4 is 55.7 Å². The molecule has 16 N–H and O–H groups in total. The molecule has 0 aliphatic rings. The van der Waals surface area contributed by atoms with Crippen LogP contribution in [-0.4, -0.2) is 85.8 Å². The highest BCUT2D eigenvalue weighted by molar-refractivity contribution is 5.94. The number of guanidine groups is 3. The Balaban J connectivity index is 5.42. The van der Waals surface area contributed by atoms with Crippen molar-refractivity contribution < 1.29 is 19.2 Å². The van der Waals surface area contributed by atoms with Crippen LogP contribution in [-0.2, 0) is 19.2 Å². The van der Waals surface area contributed by atoms with E-state index < -0.39 is 41.8 Å². The standard InChI is InChI=1S/C24H49N13O4/c1-14(2)18(37-20(40)17(35-15(3)38)9-7-13-34-24(29)30)21(41)36-16(8-6-12-33-23(27)28)19(39)31-10-4-5-11-32-22(25)26/h14,16-18H,4-13H2,1-3H3,(H,31,39)(H,35,38)(H,36,41)(H,37,40)(H4,25,26,32)(H4,27,28,33)(H4,29,30,34)/t16-,17-,18-/m0/s1. The monoisotopic (exact) mass is 583 g/mol. The van der Waals surface area contributed by atoms with E-state index in [9.17, 15) is 19.2 Å². The van der Waals surface area contributed by atoms with Gasteiger partial charge in [-0.1, -0.05) is 13.8 Å². The zero-order valence-corrected chi connectivity index (χ0v) is 24.3. The van der Waals surface area contributed by atoms with Gasteiger partial charge in [0.2, 0.25) is 23.6 Å². The maximum absolute atomic E-state index is 13.3. The molecule has 17 nitrogen and oxygen atoms in total. The van der Waals surface area contributed by atoms with E-state index in [0.717, 1.165) is 0 Å². The average molecular weight is 584 g/mol. The highest BCUT2D eigenvalue weighted by atomic mass is 16.2. The summed E-state index contributed by atoms with van der Waals surface area (Å²) in [5.41, 5.74) is 32.0. The number of hydrogen-bond acceptors (Lipinski definition) is 7. The minimum Gasteiger partial charge on any atom is -0.370 e. The van der Waals surface area contributed by atoms with Crippen molar-refractivity contribution in [2.75, 3.05) is 26.2 Å². The highest BCUT2D eigenvalue weighted by Crippen LogP contribution is 2.07. The van der Waals surface area contributed by atoms with Crippen molar-refractivity contribution in [3.8, 4) is 0 Å². The molecular formula is C24H49N13O4. The van der Waals surface area contributed by atoms with Gasteiger partial charge in [0.15, 0.2) is 17.9 Å². The molecule has 0 aliphatic heterocycles. The molecule has 234 valence electrons. The van der Waals surface area contributed by atoms with E-state index in [4.69, 9.17) is 34.4 Å². The van der Waals surface area contributed by atoms with Crippen LogP contribution in [0.2, 0.25) is 0 Å². The molecule has 17 heteroatoms. The lowest BCUT2D eigenvalue weighted by Gasteiger charge is -2.27. The molecule has 0 radical (unpaired) electrons. The van der Waals surface area contributed by atoms with Gasteiger partial charge in [-0.2, -0.15) is 0 Å². The van der Waals surface area contributed by atoms with Gasteiger partial charge in [0.05, 0.1) is 0 Å². The highest BCUT2D eigenvalue weighted by Gasteiger charge is 2.31. The molecule has 0 aromatic carbocycles. The van der Waals surface area contributed by atoms with E-state index in [-0.39, 0.29) is 49.7 Å². The second kappa shape index (κ2) is 20.6. The summed E-state index contributed by atoms with van der Waals surface area (Å²) in [4.78, 5) is 62.7. The van der Waals surface area contributed by atoms with Crippen LogP contribution in [0.5, 0.6) is 0 Å². The van der Waals surface area contributed by atoms with Crippen LogP contribution >= 0.6 is 0 Å². The predicted octanol–water partition coefficient (Wildman–Crippen LogP) is -3.61. The third-order valence-electron chi connectivity index (χ3n) is 5.64. The number of carbonyl (C=O) groups excluding carboxylic acids is 4. The Bertz CT molecular complexity index is 925. The first-order valence-electron chi connectivity index (χ1n) is 13.6. The quantitative estimate of drug-likeness (QED) is 0.0381. The lowest BCUT2D eigenvalue weighted by Crippen LogP contribution is -2.58. The minimum absolute atomic E-state index is 0.00118. The number of aliphatic imine (C=N–C) groups is 3. The second-order valence-electron chi connectivity index (χ2n) is 9.75. The van der Waals surface area contributed by atoms with Crippen LogP contribution in [0.1, 0.15) is 59.3 Å². The summed E-state index contributed by atoms with van der Waals surface area (Å²) >= 11 is 0. The van der Waals surface area contributed by atoms with E-state index in [0.29, 0.717) is 38.8 Å². The Kier molecular flexibility index (Phi) is 18.4. The van der Waals surface area contributed by atoms with Crippen LogP contribution in [0.3, 0.4) is 0 Å². The lowest BCUT2D eigenvalue weighted by molar-refractivity contribution is -0.134. The molecule has 0 bridgehead atoms. The number of amides is 4. The van der Waals surface area contributed by atoms with Gasteiger partial charge in [-0.05, 0) is 44.4 Å². The summed E-state index contributed by atoms with van der Waals surface area (Å²) in [7, 11) is 0. The molecule has 0 aliphatic carbocycles. The molecule has 0 spiro atoms. The Morgan fingerprint density at radius 3 is 1.51 bits per heavy atom. The number of nitrogens with zero attached hydrogens (tertiary/aromatic N) is 3. The lowest BCUT2D eigenvalue weighted by atomic mass is 10.0. The number of hydrogen-bond donors (Lipinski definition) is 10. The number of nitrogens with two attached hydrogens (primary N) is 6. The first-order valence-corrected chi connectivity index (χ1v) is 13.6. The molecule has 0 saturated heterocycles. The summed E-state index contributed by atoms with van der Waals surface area (Å²) in [6.45, 7) is 6.10. The Labute approximate surface area is 241 Å². The first kappa shape index (κ1) is 36.7. The van der Waals surface area contributed by atoms with Crippen molar-refractivity contribution in [3.63, 3.8) is 0 Å². The molecule has 0 aromatic heterocycles. The molecule has 0 rings (SSSR count). The molecule has 41 heavy (non-hydrogen) atoms. The molecule has 4 amide bonds. The fraction of sp³-hybridized carbons (Fsp3) is 0.708. The predicted molar refractivity (Wildman–Crippen MR) is 159 cm³/mol. The van der Waals surface area contributed by atoms with Gasteiger partial charge in [-0.15, -0.1) is 0 Å². The van der Waals surface area contributed by atoms with Gasteiger partial charge in [-0.3, -0.25) is 34.2 Å². The van der Waals surface area contributed by atoms with Gasteiger partial charge in [0.25, 0.3) is 0 Å². The summed E-state index contributed by atoms with van der Waals surface area (Å²) in [6, 6.07) is -2.80. The topological polar surface area (TPSA) is 310 Å². The smallest absolute Gasteiger partial charge is 0.243 e. The summed E-state index contributed by atoms with van der Waals surface area (Å²) in [5.74, 6) is -2.39. The van der Waals surface area contributed by atoms with Crippen molar-refractivity contribution in [2.45, 2.75) is 77.4 Å². The van der Waals surface area contributed by atoms with Crippen molar-refractivity contribution >= 4 is 41.5 Å². The molecule has 0 unspecified atom stereocenters. The number of nitrogens with one attached hydrogen (secondary N) is 4. The molecule has 0 aromatic rings. The first-order chi connectivity index (χ1) is 19.2. The summed E-state index contributed by atoms with van der Waals surface area (Å²) < 4.78 is 0.